The molecule has 2 aromatic heterocycles. The largest absolute Gasteiger partial charge is 0.480 e. The van der Waals surface area contributed by atoms with E-state index in [4.69, 9.17) is 16.3 Å². The summed E-state index contributed by atoms with van der Waals surface area (Å²) < 4.78 is 5.40. The topological polar surface area (TPSA) is 78.4 Å². The second-order valence-electron chi connectivity index (χ2n) is 5.51. The number of nitrogens with zero attached hydrogens (tertiary/aromatic N) is 2. The first-order valence-electron chi connectivity index (χ1n) is 7.19. The average molecular weight is 346 g/mol. The van der Waals surface area contributed by atoms with Crippen molar-refractivity contribution in [2.45, 2.75) is 0 Å². The van der Waals surface area contributed by atoms with Crippen LogP contribution in [0.4, 0.5) is 5.82 Å². The van der Waals surface area contributed by atoms with Crippen LogP contribution < -0.4 is 9.64 Å². The van der Waals surface area contributed by atoms with Crippen molar-refractivity contribution in [3.63, 3.8) is 0 Å². The second kappa shape index (κ2) is 6.05. The molecule has 3 aromatic rings. The molecule has 0 amide bonds. The summed E-state index contributed by atoms with van der Waals surface area (Å²) in [5.74, 6) is 0.179. The molecule has 1 aromatic carbocycles. The third-order valence-electron chi connectivity index (χ3n) is 3.79. The van der Waals surface area contributed by atoms with Crippen molar-refractivity contribution in [1.29, 1.82) is 0 Å². The number of benzene rings is 1. The number of aromatic nitrogens is 2. The third-order valence-corrected chi connectivity index (χ3v) is 4.10. The highest BCUT2D eigenvalue weighted by Gasteiger charge is 2.17. The number of aromatic amines is 1. The van der Waals surface area contributed by atoms with Gasteiger partial charge in [0.2, 0.25) is 5.88 Å². The Balaban J connectivity index is 2.23. The van der Waals surface area contributed by atoms with Gasteiger partial charge < -0.3 is 19.7 Å². The van der Waals surface area contributed by atoms with Gasteiger partial charge in [-0.15, -0.1) is 0 Å². The predicted molar refractivity (Wildman–Crippen MR) is 94.4 cm³/mol. The number of rotatable bonds is 4. The van der Waals surface area contributed by atoms with Gasteiger partial charge in [0, 0.05) is 42.3 Å². The molecule has 7 heteroatoms. The lowest BCUT2D eigenvalue weighted by molar-refractivity contribution is 0.0699. The fraction of sp³-hybridized carbons (Fsp3) is 0.176. The maximum atomic E-state index is 11.4. The first-order chi connectivity index (χ1) is 11.4. The van der Waals surface area contributed by atoms with Crippen LogP contribution in [0.1, 0.15) is 10.4 Å². The van der Waals surface area contributed by atoms with Gasteiger partial charge in [0.1, 0.15) is 5.82 Å². The van der Waals surface area contributed by atoms with E-state index in [1.807, 2.05) is 31.1 Å². The number of aromatic carboxylic acids is 1. The van der Waals surface area contributed by atoms with Gasteiger partial charge in [-0.1, -0.05) is 11.6 Å². The Bertz CT molecular complexity index is 934. The van der Waals surface area contributed by atoms with Crippen molar-refractivity contribution in [3.05, 3.63) is 41.0 Å². The molecule has 0 bridgehead atoms. The summed E-state index contributed by atoms with van der Waals surface area (Å²) in [5, 5.41) is 10.4. The molecule has 0 saturated heterocycles. The Morgan fingerprint density at radius 2 is 2.04 bits per heavy atom. The van der Waals surface area contributed by atoms with Crippen LogP contribution in [0.5, 0.6) is 5.88 Å². The summed E-state index contributed by atoms with van der Waals surface area (Å²) in [6.45, 7) is 0. The van der Waals surface area contributed by atoms with Crippen molar-refractivity contribution in [2.24, 2.45) is 0 Å². The molecule has 2 N–H and O–H groups in total. The first kappa shape index (κ1) is 16.1. The smallest absolute Gasteiger partial charge is 0.337 e. The number of hydrogen-bond donors (Lipinski definition) is 2. The van der Waals surface area contributed by atoms with Crippen LogP contribution in [0.3, 0.4) is 0 Å². The number of halogens is 1. The zero-order chi connectivity index (χ0) is 17.4. The molecule has 0 radical (unpaired) electrons. The summed E-state index contributed by atoms with van der Waals surface area (Å²) >= 11 is 6.40. The van der Waals surface area contributed by atoms with Crippen LogP contribution in [0.15, 0.2) is 30.5 Å². The standard InChI is InChI=1S/C17H16ClN3O3/c1-21(2)15-5-4-9(16(20-15)24-3)10-6-11-12(17(22)23)8-19-14(11)7-13(10)18/h4-8,19H,1-3H3,(H,22,23). The third kappa shape index (κ3) is 2.65. The Morgan fingerprint density at radius 3 is 2.67 bits per heavy atom. The van der Waals surface area contributed by atoms with E-state index in [0.717, 1.165) is 5.82 Å². The molecule has 0 atom stereocenters. The molecule has 6 nitrogen and oxygen atoms in total. The van der Waals surface area contributed by atoms with Crippen molar-refractivity contribution in [3.8, 4) is 17.0 Å². The number of nitrogens with one attached hydrogen (secondary N) is 1. The minimum Gasteiger partial charge on any atom is -0.480 e. The SMILES string of the molecule is COc1nc(N(C)C)ccc1-c1cc2c(C(=O)O)c[nH]c2cc1Cl. The van der Waals surface area contributed by atoms with E-state index in [2.05, 4.69) is 9.97 Å². The normalized spacial score (nSPS) is 10.8. The minimum atomic E-state index is -0.998. The Kier molecular flexibility index (Phi) is 4.07. The molecule has 124 valence electrons. The number of H-pyrrole nitrogens is 1. The zero-order valence-corrected chi connectivity index (χ0v) is 14.2. The number of hydrogen-bond acceptors (Lipinski definition) is 4. The Labute approximate surface area is 143 Å². The van der Waals surface area contributed by atoms with Gasteiger partial charge in [-0.05, 0) is 24.3 Å². The summed E-state index contributed by atoms with van der Waals surface area (Å²) in [4.78, 5) is 20.6. The molecule has 0 unspecified atom stereocenters. The Hall–Kier alpha value is -2.73. The number of carboxylic acid groups (broad SMARTS) is 1. The molecule has 0 aliphatic carbocycles. The highest BCUT2D eigenvalue weighted by molar-refractivity contribution is 6.34. The highest BCUT2D eigenvalue weighted by Crippen LogP contribution is 2.38. The van der Waals surface area contributed by atoms with Crippen LogP contribution in [-0.2, 0) is 0 Å². The monoisotopic (exact) mass is 345 g/mol. The van der Waals surface area contributed by atoms with Gasteiger partial charge in [0.05, 0.1) is 17.7 Å². The van der Waals surface area contributed by atoms with Crippen LogP contribution in [0.25, 0.3) is 22.0 Å². The minimum absolute atomic E-state index is 0.194. The predicted octanol–water partition coefficient (Wildman–Crippen LogP) is 3.66. The number of anilines is 1. The highest BCUT2D eigenvalue weighted by atomic mass is 35.5. The van der Waals surface area contributed by atoms with Crippen LogP contribution in [0, 0.1) is 0 Å². The number of fused-ring (bicyclic) bond motifs is 1. The van der Waals surface area contributed by atoms with E-state index in [1.165, 1.54) is 13.3 Å². The molecular formula is C17H16ClN3O3. The quantitative estimate of drug-likeness (QED) is 0.754. The van der Waals surface area contributed by atoms with Crippen molar-refractivity contribution in [2.75, 3.05) is 26.1 Å². The van der Waals surface area contributed by atoms with E-state index in [-0.39, 0.29) is 5.56 Å². The van der Waals surface area contributed by atoms with Gasteiger partial charge >= 0.3 is 5.97 Å². The lowest BCUT2D eigenvalue weighted by Gasteiger charge is -2.15. The van der Waals surface area contributed by atoms with Crippen molar-refractivity contribution >= 4 is 34.3 Å². The second-order valence-corrected chi connectivity index (χ2v) is 5.91. The molecule has 2 heterocycles. The summed E-state index contributed by atoms with van der Waals surface area (Å²) in [6, 6.07) is 7.17. The summed E-state index contributed by atoms with van der Waals surface area (Å²) in [7, 11) is 5.32. The number of carbonyl (C=O) groups is 1. The van der Waals surface area contributed by atoms with Crippen LogP contribution in [0.2, 0.25) is 5.02 Å². The molecule has 0 fully saturated rings. The fourth-order valence-electron chi connectivity index (χ4n) is 2.57. The van der Waals surface area contributed by atoms with E-state index < -0.39 is 5.97 Å². The molecule has 0 aliphatic rings. The van der Waals surface area contributed by atoms with Crippen LogP contribution in [-0.4, -0.2) is 42.2 Å². The van der Waals surface area contributed by atoms with Gasteiger partial charge in [0.25, 0.3) is 0 Å². The van der Waals surface area contributed by atoms with Gasteiger partial charge in [0.15, 0.2) is 0 Å². The maximum Gasteiger partial charge on any atom is 0.337 e. The number of methoxy groups -OCH3 is 1. The fourth-order valence-corrected chi connectivity index (χ4v) is 2.83. The molecular weight excluding hydrogens is 330 g/mol. The average Bonchev–Trinajstić information content (AvgIpc) is 2.96. The molecule has 0 aliphatic heterocycles. The van der Waals surface area contributed by atoms with Crippen LogP contribution >= 0.6 is 11.6 Å². The molecule has 0 spiro atoms. The van der Waals surface area contributed by atoms with Gasteiger partial charge in [-0.2, -0.15) is 4.98 Å². The molecule has 24 heavy (non-hydrogen) atoms. The maximum absolute atomic E-state index is 11.4. The zero-order valence-electron chi connectivity index (χ0n) is 13.4. The Morgan fingerprint density at radius 1 is 1.29 bits per heavy atom. The molecule has 3 rings (SSSR count). The first-order valence-corrected chi connectivity index (χ1v) is 7.57. The lowest BCUT2D eigenvalue weighted by atomic mass is 10.0. The van der Waals surface area contributed by atoms with Crippen molar-refractivity contribution in [1.82, 2.24) is 9.97 Å². The van der Waals surface area contributed by atoms with Gasteiger partial charge in [-0.25, -0.2) is 4.79 Å². The summed E-state index contributed by atoms with van der Waals surface area (Å²) in [6.07, 6.45) is 1.46. The lowest BCUT2D eigenvalue weighted by Crippen LogP contribution is -2.11. The van der Waals surface area contributed by atoms with Crippen molar-refractivity contribution < 1.29 is 14.6 Å². The number of carboxylic acids is 1. The summed E-state index contributed by atoms with van der Waals surface area (Å²) in [5.41, 5.74) is 2.23. The van der Waals surface area contributed by atoms with E-state index in [1.54, 1.807) is 12.1 Å². The van der Waals surface area contributed by atoms with Gasteiger partial charge in [-0.3, -0.25) is 0 Å². The van der Waals surface area contributed by atoms with E-state index in [0.29, 0.717) is 32.9 Å². The number of pyridine rings is 1. The van der Waals surface area contributed by atoms with E-state index >= 15 is 0 Å². The van der Waals surface area contributed by atoms with E-state index in [9.17, 15) is 9.90 Å². The molecule has 0 saturated carbocycles. The number of ether oxygens (including phenoxy) is 1.